The Morgan fingerprint density at radius 2 is 2.32 bits per heavy atom. The molecule has 0 fully saturated rings. The average molecular weight is 298 g/mol. The van der Waals surface area contributed by atoms with Crippen LogP contribution in [0.1, 0.15) is 10.5 Å². The summed E-state index contributed by atoms with van der Waals surface area (Å²) in [6.07, 6.45) is 1.34. The second kappa shape index (κ2) is 5.71. The molecule has 2 aromatic heterocycles. The molecule has 0 unspecified atom stereocenters. The maximum absolute atomic E-state index is 11.4. The highest BCUT2D eigenvalue weighted by atomic mass is 32.2. The van der Waals surface area contributed by atoms with Crippen molar-refractivity contribution in [1.82, 2.24) is 14.3 Å². The van der Waals surface area contributed by atoms with Crippen molar-refractivity contribution in [2.45, 2.75) is 9.37 Å². The molecule has 98 valence electrons. The quantitative estimate of drug-likeness (QED) is 0.477. The SMILES string of the molecule is COC(=O)c1ccc([N+](=O)[O-])c(Sc2ncns2)n1. The largest absolute Gasteiger partial charge is 0.464 e. The molecule has 0 saturated carbocycles. The summed E-state index contributed by atoms with van der Waals surface area (Å²) in [7, 11) is 1.21. The van der Waals surface area contributed by atoms with Gasteiger partial charge in [-0.25, -0.2) is 14.8 Å². The fraction of sp³-hybridized carbons (Fsp3) is 0.111. The zero-order chi connectivity index (χ0) is 13.8. The highest BCUT2D eigenvalue weighted by Crippen LogP contribution is 2.33. The predicted octanol–water partition coefficient (Wildman–Crippen LogP) is 1.78. The molecule has 2 rings (SSSR count). The molecular weight excluding hydrogens is 292 g/mol. The molecule has 0 aliphatic rings. The maximum atomic E-state index is 11.4. The van der Waals surface area contributed by atoms with E-state index < -0.39 is 10.9 Å². The highest BCUT2D eigenvalue weighted by Gasteiger charge is 2.20. The van der Waals surface area contributed by atoms with Crippen molar-refractivity contribution in [3.63, 3.8) is 0 Å². The van der Waals surface area contributed by atoms with Crippen LogP contribution in [-0.2, 0) is 4.74 Å². The van der Waals surface area contributed by atoms with Crippen molar-refractivity contribution in [3.8, 4) is 0 Å². The lowest BCUT2D eigenvalue weighted by Gasteiger charge is -2.02. The molecule has 0 amide bonds. The van der Waals surface area contributed by atoms with Crippen LogP contribution < -0.4 is 0 Å². The third-order valence-electron chi connectivity index (χ3n) is 1.96. The summed E-state index contributed by atoms with van der Waals surface area (Å²) in [4.78, 5) is 29.5. The molecule has 0 radical (unpaired) electrons. The summed E-state index contributed by atoms with van der Waals surface area (Å²) in [5, 5.41) is 11.0. The number of carbonyl (C=O) groups is 1. The summed E-state index contributed by atoms with van der Waals surface area (Å²) in [5.74, 6) is -0.658. The second-order valence-corrected chi connectivity index (χ2v) is 5.09. The van der Waals surface area contributed by atoms with Crippen molar-refractivity contribution in [2.75, 3.05) is 7.11 Å². The Morgan fingerprint density at radius 3 is 2.89 bits per heavy atom. The first-order valence-corrected chi connectivity index (χ1v) is 6.39. The Labute approximate surface area is 115 Å². The molecule has 0 N–H and O–H groups in total. The van der Waals surface area contributed by atoms with E-state index in [0.29, 0.717) is 4.34 Å². The van der Waals surface area contributed by atoms with Crippen LogP contribution in [0.15, 0.2) is 27.8 Å². The molecular formula is C9H6N4O4S2. The first kappa shape index (κ1) is 13.4. The number of nitro groups is 1. The van der Waals surface area contributed by atoms with Crippen LogP contribution in [0.3, 0.4) is 0 Å². The second-order valence-electron chi connectivity index (χ2n) is 3.08. The smallest absolute Gasteiger partial charge is 0.356 e. The molecule has 0 aromatic carbocycles. The van der Waals surface area contributed by atoms with Gasteiger partial charge in [0.05, 0.1) is 12.0 Å². The van der Waals surface area contributed by atoms with Gasteiger partial charge in [0.1, 0.15) is 12.0 Å². The number of methoxy groups -OCH3 is 1. The van der Waals surface area contributed by atoms with Gasteiger partial charge in [-0.15, -0.1) is 0 Å². The fourth-order valence-corrected chi connectivity index (χ4v) is 2.61. The molecule has 10 heteroatoms. The number of rotatable bonds is 4. The molecule has 19 heavy (non-hydrogen) atoms. The minimum absolute atomic E-state index is 0.000107. The summed E-state index contributed by atoms with van der Waals surface area (Å²) < 4.78 is 8.81. The first-order chi connectivity index (χ1) is 9.11. The normalized spacial score (nSPS) is 10.2. The van der Waals surface area contributed by atoms with Gasteiger partial charge in [0.25, 0.3) is 0 Å². The van der Waals surface area contributed by atoms with Crippen molar-refractivity contribution >= 4 is 35.0 Å². The lowest BCUT2D eigenvalue weighted by atomic mass is 10.3. The summed E-state index contributed by atoms with van der Waals surface area (Å²) >= 11 is 2.06. The number of aromatic nitrogens is 3. The Morgan fingerprint density at radius 1 is 1.53 bits per heavy atom. The van der Waals surface area contributed by atoms with Crippen molar-refractivity contribution in [3.05, 3.63) is 34.3 Å². The zero-order valence-electron chi connectivity index (χ0n) is 9.47. The number of hydrogen-bond acceptors (Lipinski definition) is 9. The highest BCUT2D eigenvalue weighted by molar-refractivity contribution is 8.01. The Balaban J connectivity index is 2.41. The van der Waals surface area contributed by atoms with E-state index >= 15 is 0 Å². The summed E-state index contributed by atoms with van der Waals surface area (Å²) in [6, 6.07) is 2.46. The fourth-order valence-electron chi connectivity index (χ4n) is 1.16. The molecule has 0 aliphatic heterocycles. The maximum Gasteiger partial charge on any atom is 0.356 e. The number of carbonyl (C=O) groups excluding carboxylic acids is 1. The van der Waals surface area contributed by atoms with E-state index in [1.165, 1.54) is 25.6 Å². The average Bonchev–Trinajstić information content (AvgIpc) is 2.90. The van der Waals surface area contributed by atoms with Crippen LogP contribution in [0.2, 0.25) is 0 Å². The van der Waals surface area contributed by atoms with E-state index in [4.69, 9.17) is 0 Å². The first-order valence-electron chi connectivity index (χ1n) is 4.80. The van der Waals surface area contributed by atoms with Crippen molar-refractivity contribution < 1.29 is 14.5 Å². The van der Waals surface area contributed by atoms with Gasteiger partial charge in [-0.05, 0) is 29.4 Å². The molecule has 0 atom stereocenters. The molecule has 8 nitrogen and oxygen atoms in total. The van der Waals surface area contributed by atoms with Gasteiger partial charge in [-0.2, -0.15) is 4.37 Å². The van der Waals surface area contributed by atoms with Gasteiger partial charge in [-0.3, -0.25) is 10.1 Å². The molecule has 0 bridgehead atoms. The van der Waals surface area contributed by atoms with Crippen molar-refractivity contribution in [1.29, 1.82) is 0 Å². The lowest BCUT2D eigenvalue weighted by molar-refractivity contribution is -0.388. The molecule has 2 aromatic rings. The van der Waals surface area contributed by atoms with Gasteiger partial charge in [-0.1, -0.05) is 0 Å². The van der Waals surface area contributed by atoms with Crippen LogP contribution >= 0.6 is 23.3 Å². The number of pyridine rings is 1. The Bertz CT molecular complexity index is 617. The standard InChI is InChI=1S/C9H6N4O4S2/c1-17-8(14)5-2-3-6(13(15)16)7(12-5)18-9-10-4-11-19-9/h2-4H,1H3. The number of hydrogen-bond donors (Lipinski definition) is 0. The molecule has 2 heterocycles. The number of esters is 1. The van der Waals surface area contributed by atoms with E-state index in [1.807, 2.05) is 0 Å². The van der Waals surface area contributed by atoms with Gasteiger partial charge in [0, 0.05) is 6.07 Å². The Kier molecular flexibility index (Phi) is 4.02. The minimum Gasteiger partial charge on any atom is -0.464 e. The Hall–Kier alpha value is -2.07. The molecule has 0 saturated heterocycles. The molecule has 0 spiro atoms. The van der Waals surface area contributed by atoms with E-state index in [0.717, 1.165) is 23.3 Å². The van der Waals surface area contributed by atoms with Gasteiger partial charge < -0.3 is 4.74 Å². The summed E-state index contributed by atoms with van der Waals surface area (Å²) in [6.45, 7) is 0. The third kappa shape index (κ3) is 3.03. The molecule has 0 aliphatic carbocycles. The van der Waals surface area contributed by atoms with Gasteiger partial charge in [0.2, 0.25) is 0 Å². The van der Waals surface area contributed by atoms with E-state index in [-0.39, 0.29) is 16.4 Å². The zero-order valence-corrected chi connectivity index (χ0v) is 11.1. The van der Waals surface area contributed by atoms with Crippen molar-refractivity contribution in [2.24, 2.45) is 0 Å². The van der Waals surface area contributed by atoms with Crippen LogP contribution in [0.5, 0.6) is 0 Å². The van der Waals surface area contributed by atoms with E-state index in [1.54, 1.807) is 0 Å². The van der Waals surface area contributed by atoms with Gasteiger partial charge in [0.15, 0.2) is 9.37 Å². The van der Waals surface area contributed by atoms with Crippen LogP contribution in [0.25, 0.3) is 0 Å². The lowest BCUT2D eigenvalue weighted by Crippen LogP contribution is -2.06. The number of ether oxygens (including phenoxy) is 1. The summed E-state index contributed by atoms with van der Waals surface area (Å²) in [5.41, 5.74) is -0.201. The van der Waals surface area contributed by atoms with Crippen LogP contribution in [-0.4, -0.2) is 32.3 Å². The van der Waals surface area contributed by atoms with Gasteiger partial charge >= 0.3 is 11.7 Å². The number of nitrogens with zero attached hydrogens (tertiary/aromatic N) is 4. The topological polar surface area (TPSA) is 108 Å². The van der Waals surface area contributed by atoms with E-state index in [2.05, 4.69) is 19.1 Å². The monoisotopic (exact) mass is 298 g/mol. The predicted molar refractivity (Wildman–Crippen MR) is 66.3 cm³/mol. The minimum atomic E-state index is -0.658. The van der Waals surface area contributed by atoms with Crippen LogP contribution in [0, 0.1) is 10.1 Å². The van der Waals surface area contributed by atoms with Crippen LogP contribution in [0.4, 0.5) is 5.69 Å². The van der Waals surface area contributed by atoms with E-state index in [9.17, 15) is 14.9 Å². The third-order valence-corrected chi connectivity index (χ3v) is 3.67.